The van der Waals surface area contributed by atoms with Crippen molar-refractivity contribution in [2.45, 2.75) is 420 Å². The first-order valence-corrected chi connectivity index (χ1v) is 40.5. The van der Waals surface area contributed by atoms with Gasteiger partial charge in [-0.2, -0.15) is 0 Å². The van der Waals surface area contributed by atoms with E-state index in [0.717, 1.165) is 51.4 Å². The lowest BCUT2D eigenvalue weighted by atomic mass is 9.96. The molecule has 0 aliphatic carbocycles. The first kappa shape index (κ1) is 91.7. The SMILES string of the molecule is CCCCCCC/C=C\C/C=C\C/C=C\CCCCCCCCCCCCCCCCCCCCCCCCCCC(=O)NC(COC1OC(CO)C(OC2OC(CO)C(OC3OC(CO)C(O)C(O)C3O)C(O)C2O)C(O)C1O)C(O)/C=C/CC/C=C/CCCCCCCCCCCC. The standard InChI is InChI=1S/C81H147NO18/c1-3-5-7-9-11-13-15-17-19-21-22-23-24-25-26-27-28-29-30-31-32-33-34-35-36-37-38-39-40-41-42-43-45-47-49-51-53-55-57-59-69(87)82-64(65(86)58-56-54-52-50-48-46-44-20-18-16-14-12-10-8-6-4-2)63-95-79-75(93)72(90)77(67(61-84)97-79)100-81-76(94)73(91)78(68(62-85)98-81)99-80-74(92)71(89)70(88)66(60-83)96-80/h15,17,21-22,24-25,48,50,56,58,64-68,70-81,83-86,88-94H,3-14,16,18-20,23,26-47,49,51-55,57,59-63H2,1-2H3,(H,82,87)/b17-15-,22-21-,25-24-,50-48+,58-56+. The minimum atomic E-state index is -1.98. The molecule has 0 aromatic carbocycles. The molecule has 3 heterocycles. The third-order valence-corrected chi connectivity index (χ3v) is 20.0. The minimum Gasteiger partial charge on any atom is -0.394 e. The van der Waals surface area contributed by atoms with E-state index in [4.69, 9.17) is 28.4 Å². The number of aliphatic hydroxyl groups is 11. The highest BCUT2D eigenvalue weighted by Crippen LogP contribution is 2.33. The Hall–Kier alpha value is -2.51. The molecule has 17 atom stereocenters. The Balaban J connectivity index is 1.30. The molecule has 0 bridgehead atoms. The van der Waals surface area contributed by atoms with Crippen LogP contribution in [-0.2, 0) is 33.2 Å². The molecule has 12 N–H and O–H groups in total. The van der Waals surface area contributed by atoms with Crippen molar-refractivity contribution in [2.75, 3.05) is 26.4 Å². The van der Waals surface area contributed by atoms with Crippen molar-refractivity contribution >= 4 is 5.91 Å². The van der Waals surface area contributed by atoms with Crippen LogP contribution in [0.15, 0.2) is 60.8 Å². The molecule has 19 nitrogen and oxygen atoms in total. The molecule has 100 heavy (non-hydrogen) atoms. The second-order valence-electron chi connectivity index (χ2n) is 28.9. The van der Waals surface area contributed by atoms with Crippen molar-refractivity contribution in [3.63, 3.8) is 0 Å². The van der Waals surface area contributed by atoms with Crippen LogP contribution in [0.4, 0.5) is 0 Å². The normalized spacial score (nSPS) is 26.8. The first-order valence-electron chi connectivity index (χ1n) is 40.5. The highest BCUT2D eigenvalue weighted by molar-refractivity contribution is 5.76. The Labute approximate surface area is 605 Å². The molecule has 19 heteroatoms. The summed E-state index contributed by atoms with van der Waals surface area (Å²) in [4.78, 5) is 13.4. The summed E-state index contributed by atoms with van der Waals surface area (Å²) in [6, 6.07) is -0.990. The summed E-state index contributed by atoms with van der Waals surface area (Å²) in [5.74, 6) is -0.281. The fourth-order valence-electron chi connectivity index (χ4n) is 13.5. The quantitative estimate of drug-likeness (QED) is 0.0199. The predicted molar refractivity (Wildman–Crippen MR) is 397 cm³/mol. The number of aliphatic hydroxyl groups excluding tert-OH is 11. The summed E-state index contributed by atoms with van der Waals surface area (Å²) in [7, 11) is 0. The van der Waals surface area contributed by atoms with Gasteiger partial charge in [-0.15, -0.1) is 0 Å². The van der Waals surface area contributed by atoms with Crippen LogP contribution in [0.5, 0.6) is 0 Å². The van der Waals surface area contributed by atoms with Crippen molar-refractivity contribution in [1.29, 1.82) is 0 Å². The van der Waals surface area contributed by atoms with Crippen molar-refractivity contribution in [2.24, 2.45) is 0 Å². The maximum absolute atomic E-state index is 13.4. The Morgan fingerprint density at radius 2 is 0.670 bits per heavy atom. The lowest BCUT2D eigenvalue weighted by Crippen LogP contribution is -2.66. The molecule has 0 radical (unpaired) electrons. The second-order valence-corrected chi connectivity index (χ2v) is 28.9. The monoisotopic (exact) mass is 1420 g/mol. The molecule has 0 saturated carbocycles. The van der Waals surface area contributed by atoms with E-state index in [2.05, 4.69) is 67.8 Å². The van der Waals surface area contributed by atoms with Gasteiger partial charge < -0.3 is 89.9 Å². The van der Waals surface area contributed by atoms with Crippen LogP contribution in [0, 0.1) is 0 Å². The Morgan fingerprint density at radius 1 is 0.360 bits per heavy atom. The van der Waals surface area contributed by atoms with Gasteiger partial charge in [0.15, 0.2) is 18.9 Å². The maximum Gasteiger partial charge on any atom is 0.220 e. The smallest absolute Gasteiger partial charge is 0.220 e. The van der Waals surface area contributed by atoms with E-state index in [1.165, 1.54) is 231 Å². The topological polar surface area (TPSA) is 307 Å². The zero-order valence-corrected chi connectivity index (χ0v) is 62.4. The minimum absolute atomic E-state index is 0.238. The molecule has 0 spiro atoms. The number of amides is 1. The molecule has 0 aromatic rings. The first-order chi connectivity index (χ1) is 48.8. The van der Waals surface area contributed by atoms with Crippen molar-refractivity contribution in [1.82, 2.24) is 5.32 Å². The van der Waals surface area contributed by atoms with Crippen LogP contribution in [0.3, 0.4) is 0 Å². The Kier molecular flexibility index (Phi) is 56.5. The molecule has 17 unspecified atom stereocenters. The highest BCUT2D eigenvalue weighted by Gasteiger charge is 2.54. The van der Waals surface area contributed by atoms with Crippen molar-refractivity contribution in [3.8, 4) is 0 Å². The van der Waals surface area contributed by atoms with E-state index in [9.17, 15) is 61.0 Å². The van der Waals surface area contributed by atoms with E-state index in [1.807, 2.05) is 6.08 Å². The van der Waals surface area contributed by atoms with Gasteiger partial charge in [0, 0.05) is 6.42 Å². The van der Waals surface area contributed by atoms with Crippen LogP contribution in [0.1, 0.15) is 316 Å². The second kappa shape index (κ2) is 61.6. The summed E-state index contributed by atoms with van der Waals surface area (Å²) < 4.78 is 34.4. The van der Waals surface area contributed by atoms with Gasteiger partial charge in [-0.1, -0.05) is 299 Å². The van der Waals surface area contributed by atoms with Crippen LogP contribution >= 0.6 is 0 Å². The van der Waals surface area contributed by atoms with E-state index < -0.39 is 124 Å². The molecule has 1 amide bonds. The van der Waals surface area contributed by atoms with Crippen molar-refractivity contribution < 1.29 is 89.4 Å². The largest absolute Gasteiger partial charge is 0.394 e. The van der Waals surface area contributed by atoms with E-state index in [-0.39, 0.29) is 18.9 Å². The molecular weight excluding hydrogens is 1270 g/mol. The Morgan fingerprint density at radius 3 is 1.07 bits per heavy atom. The number of hydrogen-bond donors (Lipinski definition) is 12. The number of carbonyl (C=O) groups is 1. The third kappa shape index (κ3) is 41.4. The number of ether oxygens (including phenoxy) is 6. The van der Waals surface area contributed by atoms with Gasteiger partial charge in [0.1, 0.15) is 73.2 Å². The molecule has 584 valence electrons. The summed E-state index contributed by atoms with van der Waals surface area (Å²) >= 11 is 0. The zero-order chi connectivity index (χ0) is 72.5. The molecular formula is C81H147NO18. The van der Waals surface area contributed by atoms with Gasteiger partial charge in [-0.25, -0.2) is 0 Å². The number of allylic oxidation sites excluding steroid dienone is 9. The number of carbonyl (C=O) groups excluding carboxylic acids is 1. The number of nitrogens with one attached hydrogen (secondary N) is 1. The molecule has 3 saturated heterocycles. The summed E-state index contributed by atoms with van der Waals surface area (Å²) in [6.07, 6.45) is 52.4. The van der Waals surface area contributed by atoms with E-state index in [1.54, 1.807) is 6.08 Å². The lowest BCUT2D eigenvalue weighted by molar-refractivity contribution is -0.379. The molecule has 3 fully saturated rings. The Bertz CT molecular complexity index is 2040. The number of hydrogen-bond acceptors (Lipinski definition) is 18. The molecule has 3 aliphatic rings. The molecule has 3 aliphatic heterocycles. The van der Waals surface area contributed by atoms with Gasteiger partial charge in [0.05, 0.1) is 38.6 Å². The van der Waals surface area contributed by atoms with Crippen LogP contribution < -0.4 is 5.32 Å². The summed E-state index contributed by atoms with van der Waals surface area (Å²) in [5, 5.41) is 121. The average molecular weight is 1420 g/mol. The number of rotatable bonds is 64. The van der Waals surface area contributed by atoms with Gasteiger partial charge in [-0.3, -0.25) is 4.79 Å². The van der Waals surface area contributed by atoms with E-state index in [0.29, 0.717) is 12.8 Å². The third-order valence-electron chi connectivity index (χ3n) is 20.0. The van der Waals surface area contributed by atoms with Gasteiger partial charge in [-0.05, 0) is 70.6 Å². The highest BCUT2D eigenvalue weighted by atomic mass is 16.8. The van der Waals surface area contributed by atoms with Crippen molar-refractivity contribution in [3.05, 3.63) is 60.8 Å². The fourth-order valence-corrected chi connectivity index (χ4v) is 13.5. The van der Waals surface area contributed by atoms with Crippen LogP contribution in [0.2, 0.25) is 0 Å². The number of unbranched alkanes of at least 4 members (excludes halogenated alkanes) is 40. The predicted octanol–water partition coefficient (Wildman–Crippen LogP) is 13.5. The molecule has 0 aromatic heterocycles. The fraction of sp³-hybridized carbons (Fsp3) is 0.864. The van der Waals surface area contributed by atoms with Crippen LogP contribution in [0.25, 0.3) is 0 Å². The molecule has 3 rings (SSSR count). The average Bonchev–Trinajstić information content (AvgIpc) is 0.784. The maximum atomic E-state index is 13.4. The zero-order valence-electron chi connectivity index (χ0n) is 62.4. The summed E-state index contributed by atoms with van der Waals surface area (Å²) in [5.41, 5.74) is 0. The van der Waals surface area contributed by atoms with Gasteiger partial charge >= 0.3 is 0 Å². The van der Waals surface area contributed by atoms with Gasteiger partial charge in [0.25, 0.3) is 0 Å². The van der Waals surface area contributed by atoms with Crippen LogP contribution in [-0.4, -0.2) is 193 Å². The summed E-state index contributed by atoms with van der Waals surface area (Å²) in [6.45, 7) is 1.72. The lowest BCUT2D eigenvalue weighted by Gasteiger charge is -2.48. The van der Waals surface area contributed by atoms with Gasteiger partial charge in [0.2, 0.25) is 5.91 Å². The van der Waals surface area contributed by atoms with E-state index >= 15 is 0 Å².